The van der Waals surface area contributed by atoms with Crippen LogP contribution in [0.25, 0.3) is 10.2 Å². The highest BCUT2D eigenvalue weighted by Crippen LogP contribution is 2.24. The summed E-state index contributed by atoms with van der Waals surface area (Å²) in [7, 11) is -0.794. The third-order valence-electron chi connectivity index (χ3n) is 3.69. The molecule has 6 nitrogen and oxygen atoms in total. The van der Waals surface area contributed by atoms with Gasteiger partial charge in [-0.15, -0.1) is 10.8 Å². The summed E-state index contributed by atoms with van der Waals surface area (Å²) >= 11 is 1.24. The van der Waals surface area contributed by atoms with Crippen LogP contribution in [-0.4, -0.2) is 27.2 Å². The molecule has 3 rings (SSSR count). The van der Waals surface area contributed by atoms with Crippen molar-refractivity contribution in [2.45, 2.75) is 11.4 Å². The minimum atomic E-state index is -3.88. The molecule has 1 aromatic heterocycles. The molecule has 3 aromatic rings. The Morgan fingerprint density at radius 2 is 1.77 bits per heavy atom. The van der Waals surface area contributed by atoms with E-state index in [4.69, 9.17) is 15.9 Å². The number of thiazole rings is 1. The van der Waals surface area contributed by atoms with Crippen molar-refractivity contribution in [2.75, 3.05) is 14.2 Å². The first-order chi connectivity index (χ1) is 12.5. The summed E-state index contributed by atoms with van der Waals surface area (Å²) < 4.78 is 42.1. The topological polar surface area (TPSA) is 69.9 Å². The van der Waals surface area contributed by atoms with Crippen molar-refractivity contribution in [1.82, 2.24) is 4.57 Å². The van der Waals surface area contributed by atoms with Crippen molar-refractivity contribution in [2.24, 2.45) is 4.40 Å². The second-order valence-corrected chi connectivity index (χ2v) is 7.86. The Morgan fingerprint density at radius 1 is 1.12 bits per heavy atom. The number of aromatic nitrogens is 1. The monoisotopic (exact) mass is 388 g/mol. The van der Waals surface area contributed by atoms with Gasteiger partial charge < -0.3 is 14.0 Å². The lowest BCUT2D eigenvalue weighted by atomic mass is 10.3. The molecule has 0 aliphatic heterocycles. The maximum Gasteiger partial charge on any atom is 0.285 e. The van der Waals surface area contributed by atoms with Crippen LogP contribution in [0.3, 0.4) is 0 Å². The second-order valence-electron chi connectivity index (χ2n) is 5.25. The molecule has 0 bridgehead atoms. The predicted octanol–water partition coefficient (Wildman–Crippen LogP) is 2.64. The molecule has 26 heavy (non-hydrogen) atoms. The van der Waals surface area contributed by atoms with Crippen LogP contribution in [0.5, 0.6) is 11.5 Å². The van der Waals surface area contributed by atoms with Gasteiger partial charge in [-0.2, -0.15) is 8.42 Å². The van der Waals surface area contributed by atoms with Crippen molar-refractivity contribution in [1.29, 1.82) is 0 Å². The largest absolute Gasteiger partial charge is 0.497 e. The normalized spacial score (nSPS) is 12.1. The summed E-state index contributed by atoms with van der Waals surface area (Å²) in [6, 6.07) is 11.5. The number of terminal acetylenes is 1. The van der Waals surface area contributed by atoms with Gasteiger partial charge >= 0.3 is 0 Å². The van der Waals surface area contributed by atoms with E-state index in [1.807, 2.05) is 12.1 Å². The van der Waals surface area contributed by atoms with Gasteiger partial charge in [0.05, 0.1) is 35.9 Å². The average Bonchev–Trinajstić information content (AvgIpc) is 2.97. The lowest BCUT2D eigenvalue weighted by Gasteiger charge is -2.03. The fraction of sp³-hybridized carbons (Fsp3) is 0.167. The van der Waals surface area contributed by atoms with Crippen LogP contribution in [0.15, 0.2) is 51.8 Å². The maximum atomic E-state index is 12.7. The van der Waals surface area contributed by atoms with E-state index in [1.54, 1.807) is 29.9 Å². The molecule has 2 aromatic carbocycles. The smallest absolute Gasteiger partial charge is 0.285 e. The number of benzene rings is 2. The van der Waals surface area contributed by atoms with E-state index in [0.29, 0.717) is 16.3 Å². The number of rotatable bonds is 5. The zero-order chi connectivity index (χ0) is 18.7. The molecular weight excluding hydrogens is 372 g/mol. The molecule has 8 heteroatoms. The first kappa shape index (κ1) is 18.0. The number of sulfonamides is 1. The summed E-state index contributed by atoms with van der Waals surface area (Å²) in [5, 5.41) is 0. The van der Waals surface area contributed by atoms with Gasteiger partial charge in [0.2, 0.25) is 4.80 Å². The number of ether oxygens (including phenoxy) is 2. The SMILES string of the molecule is C#CCn1c(=NS(=O)(=O)c2ccc(OC)cc2)sc2cc(OC)ccc21. The zero-order valence-electron chi connectivity index (χ0n) is 14.2. The molecule has 0 unspecified atom stereocenters. The highest BCUT2D eigenvalue weighted by molar-refractivity contribution is 7.90. The highest BCUT2D eigenvalue weighted by Gasteiger charge is 2.15. The van der Waals surface area contributed by atoms with Gasteiger partial charge in [-0.1, -0.05) is 17.3 Å². The molecule has 1 heterocycles. The van der Waals surface area contributed by atoms with Gasteiger partial charge in [-0.05, 0) is 42.5 Å². The Morgan fingerprint density at radius 3 is 2.38 bits per heavy atom. The molecule has 0 aliphatic carbocycles. The quantitative estimate of drug-likeness (QED) is 0.630. The van der Waals surface area contributed by atoms with Crippen molar-refractivity contribution < 1.29 is 17.9 Å². The fourth-order valence-corrected chi connectivity index (χ4v) is 4.66. The fourth-order valence-electron chi connectivity index (χ4n) is 2.40. The number of hydrogen-bond acceptors (Lipinski definition) is 5. The van der Waals surface area contributed by atoms with Crippen molar-refractivity contribution in [3.05, 3.63) is 47.3 Å². The standard InChI is InChI=1S/C18H16N2O4S2/c1-4-11-20-16-10-7-14(24-3)12-17(16)25-18(20)19-26(21,22)15-8-5-13(23-2)6-9-15/h1,5-10,12H,11H2,2-3H3. The summed E-state index contributed by atoms with van der Waals surface area (Å²) in [5.41, 5.74) is 0.803. The molecule has 0 fully saturated rings. The van der Waals surface area contributed by atoms with Crippen LogP contribution in [0, 0.1) is 12.3 Å². The molecular formula is C18H16N2O4S2. The number of methoxy groups -OCH3 is 2. The number of hydrogen-bond donors (Lipinski definition) is 0. The Balaban J connectivity index is 2.18. The third kappa shape index (κ3) is 3.45. The molecule has 0 aliphatic rings. The molecule has 0 atom stereocenters. The summed E-state index contributed by atoms with van der Waals surface area (Å²) in [6.07, 6.45) is 5.45. The molecule has 134 valence electrons. The average molecular weight is 388 g/mol. The van der Waals surface area contributed by atoms with E-state index in [0.717, 1.165) is 10.2 Å². The molecule has 0 amide bonds. The maximum absolute atomic E-state index is 12.7. The third-order valence-corrected chi connectivity index (χ3v) is 6.13. The van der Waals surface area contributed by atoms with Crippen molar-refractivity contribution in [3.63, 3.8) is 0 Å². The first-order valence-corrected chi connectivity index (χ1v) is 9.80. The van der Waals surface area contributed by atoms with E-state index in [2.05, 4.69) is 10.3 Å². The predicted molar refractivity (Wildman–Crippen MR) is 101 cm³/mol. The van der Waals surface area contributed by atoms with Gasteiger partial charge in [0.1, 0.15) is 11.5 Å². The van der Waals surface area contributed by atoms with Crippen LogP contribution in [-0.2, 0) is 16.6 Å². The van der Waals surface area contributed by atoms with Gasteiger partial charge in [0.25, 0.3) is 10.0 Å². The van der Waals surface area contributed by atoms with E-state index in [-0.39, 0.29) is 11.4 Å². The number of fused-ring (bicyclic) bond motifs is 1. The van der Waals surface area contributed by atoms with Crippen LogP contribution in [0.4, 0.5) is 0 Å². The highest BCUT2D eigenvalue weighted by atomic mass is 32.2. The zero-order valence-corrected chi connectivity index (χ0v) is 15.8. The van der Waals surface area contributed by atoms with E-state index < -0.39 is 10.0 Å². The summed E-state index contributed by atoms with van der Waals surface area (Å²) in [5.74, 6) is 3.79. The van der Waals surface area contributed by atoms with Crippen LogP contribution >= 0.6 is 11.3 Å². The molecule has 0 saturated heterocycles. The van der Waals surface area contributed by atoms with Crippen molar-refractivity contribution in [3.8, 4) is 23.8 Å². The number of nitrogens with zero attached hydrogens (tertiary/aromatic N) is 2. The molecule has 0 N–H and O–H groups in total. The van der Waals surface area contributed by atoms with Crippen LogP contribution < -0.4 is 14.3 Å². The molecule has 0 saturated carbocycles. The lowest BCUT2D eigenvalue weighted by Crippen LogP contribution is -2.16. The van der Waals surface area contributed by atoms with Crippen LogP contribution in [0.1, 0.15) is 0 Å². The van der Waals surface area contributed by atoms with Crippen LogP contribution in [0.2, 0.25) is 0 Å². The molecule has 0 spiro atoms. The summed E-state index contributed by atoms with van der Waals surface area (Å²) in [4.78, 5) is 0.391. The van der Waals surface area contributed by atoms with E-state index >= 15 is 0 Å². The minimum absolute atomic E-state index is 0.0839. The van der Waals surface area contributed by atoms with Gasteiger partial charge in [-0.3, -0.25) is 0 Å². The Labute approximate surface area is 155 Å². The Kier molecular flexibility index (Phi) is 5.02. The van der Waals surface area contributed by atoms with E-state index in [1.165, 1.54) is 30.6 Å². The minimum Gasteiger partial charge on any atom is -0.497 e. The van der Waals surface area contributed by atoms with Gasteiger partial charge in [0.15, 0.2) is 0 Å². The first-order valence-electron chi connectivity index (χ1n) is 7.54. The van der Waals surface area contributed by atoms with Gasteiger partial charge in [0, 0.05) is 0 Å². The summed E-state index contributed by atoms with van der Waals surface area (Å²) in [6.45, 7) is 0.212. The Hall–Kier alpha value is -2.76. The van der Waals surface area contributed by atoms with E-state index in [9.17, 15) is 8.42 Å². The second kappa shape index (κ2) is 7.23. The lowest BCUT2D eigenvalue weighted by molar-refractivity contribution is 0.414. The molecule has 0 radical (unpaired) electrons. The Bertz CT molecular complexity index is 1150. The van der Waals surface area contributed by atoms with Gasteiger partial charge in [-0.25, -0.2) is 0 Å². The van der Waals surface area contributed by atoms with Crippen molar-refractivity contribution >= 4 is 31.6 Å².